The fourth-order valence-corrected chi connectivity index (χ4v) is 8.24. The molecule has 312 valence electrons. The molecule has 0 radical (unpaired) electrons. The van der Waals surface area contributed by atoms with E-state index in [0.29, 0.717) is 11.1 Å². The Hall–Kier alpha value is -9.20. The highest BCUT2D eigenvalue weighted by Gasteiger charge is 2.23. The summed E-state index contributed by atoms with van der Waals surface area (Å²) in [6, 6.07) is 19.5. The second-order valence-corrected chi connectivity index (χ2v) is 15.3. The number of hydrogen-bond donors (Lipinski definition) is 0. The van der Waals surface area contributed by atoms with Crippen LogP contribution in [0.3, 0.4) is 0 Å². The fraction of sp³-hybridized carbons (Fsp3) is 0. The van der Waals surface area contributed by atoms with Crippen molar-refractivity contribution in [3.63, 3.8) is 0 Å². The Bertz CT molecular complexity index is 5030. The molecule has 0 saturated heterocycles. The Kier molecular flexibility index (Phi) is 5.58. The van der Waals surface area contributed by atoms with Crippen molar-refractivity contribution in [1.29, 1.82) is 0 Å². The summed E-state index contributed by atoms with van der Waals surface area (Å²) in [5.41, 5.74) is 2.06. The van der Waals surface area contributed by atoms with Crippen molar-refractivity contribution < 1.29 is 26.0 Å². The number of nitrogens with zero attached hydrogens (tertiary/aromatic N) is 7. The standard InChI is InChI=1S/C60H37N7/c1-5-15-38(16-6-1)40-27-31-44(32-28-40)56-61-55(42-19-9-3-10-20-42)62-59(63-56)46-35-36-47-48-23-13-25-51-53(48)54-49(50(47)37-46)24-14-26-52(54)67(51)60-65-57(43-21-11-4-12-22-43)64-58(66-60)45-33-29-41(30-34-45)39-17-7-2-8-18-39/h1-37H/i3D,4D,9D,10D,11D,12D,13D,14D,19D,20D,21D,22D,23D,24D,25D,26D,35D,36D,37D. The normalized spacial score (nSPS) is 15.6. The van der Waals surface area contributed by atoms with Gasteiger partial charge in [-0.1, -0.05) is 206 Å². The molecule has 0 aliphatic carbocycles. The van der Waals surface area contributed by atoms with Crippen molar-refractivity contribution in [2.45, 2.75) is 0 Å². The van der Waals surface area contributed by atoms with E-state index in [4.69, 9.17) is 28.7 Å². The Morgan fingerprint density at radius 1 is 0.284 bits per heavy atom. The third kappa shape index (κ3) is 6.68. The van der Waals surface area contributed by atoms with Crippen LogP contribution < -0.4 is 0 Å². The fourth-order valence-electron chi connectivity index (χ4n) is 8.24. The summed E-state index contributed by atoms with van der Waals surface area (Å²) in [6.45, 7) is 0. The molecule has 0 amide bonds. The van der Waals surface area contributed by atoms with Crippen LogP contribution in [0.15, 0.2) is 224 Å². The minimum Gasteiger partial charge on any atom is -0.278 e. The number of hydrogen-bond acceptors (Lipinski definition) is 6. The van der Waals surface area contributed by atoms with Crippen molar-refractivity contribution >= 4 is 43.4 Å². The quantitative estimate of drug-likeness (QED) is 0.141. The second-order valence-electron chi connectivity index (χ2n) is 15.3. The Balaban J connectivity index is 1.14. The predicted octanol–water partition coefficient (Wildman–Crippen LogP) is 14.6. The molecule has 0 aliphatic rings. The average Bonchev–Trinajstić information content (AvgIpc) is 1.44. The molecule has 13 aromatic rings. The van der Waals surface area contributed by atoms with Gasteiger partial charge in [0.15, 0.2) is 29.1 Å². The zero-order valence-electron chi connectivity index (χ0n) is 53.5. The molecule has 7 nitrogen and oxygen atoms in total. The zero-order valence-corrected chi connectivity index (χ0v) is 34.5. The van der Waals surface area contributed by atoms with E-state index < -0.39 is 155 Å². The van der Waals surface area contributed by atoms with Crippen LogP contribution in [0.4, 0.5) is 0 Å². The monoisotopic (exact) mass is 874 g/mol. The summed E-state index contributed by atoms with van der Waals surface area (Å²) < 4.78 is 175. The molecule has 0 saturated carbocycles. The van der Waals surface area contributed by atoms with E-state index in [0.717, 1.165) is 26.8 Å². The van der Waals surface area contributed by atoms with Crippen LogP contribution >= 0.6 is 0 Å². The molecular formula is C60H37N7. The molecule has 3 heterocycles. The maximum absolute atomic E-state index is 10.2. The van der Waals surface area contributed by atoms with Gasteiger partial charge in [-0.3, -0.25) is 4.57 Å². The van der Waals surface area contributed by atoms with Crippen LogP contribution in [0.5, 0.6) is 0 Å². The number of rotatable bonds is 8. The van der Waals surface area contributed by atoms with Gasteiger partial charge in [0.05, 0.1) is 37.1 Å². The van der Waals surface area contributed by atoms with Gasteiger partial charge in [-0.15, -0.1) is 0 Å². The molecule has 13 rings (SSSR count). The van der Waals surface area contributed by atoms with Crippen LogP contribution in [0, 0.1) is 0 Å². The predicted molar refractivity (Wildman–Crippen MR) is 272 cm³/mol. The highest BCUT2D eigenvalue weighted by atomic mass is 15.2. The van der Waals surface area contributed by atoms with Crippen molar-refractivity contribution in [2.75, 3.05) is 0 Å². The summed E-state index contributed by atoms with van der Waals surface area (Å²) in [6.07, 6.45) is 0. The zero-order chi connectivity index (χ0) is 60.8. The first-order valence-electron chi connectivity index (χ1n) is 30.3. The molecule has 0 fully saturated rings. The first kappa shape index (κ1) is 23.6. The van der Waals surface area contributed by atoms with Crippen LogP contribution in [-0.2, 0) is 0 Å². The van der Waals surface area contributed by atoms with Gasteiger partial charge in [0.2, 0.25) is 5.95 Å². The smallest absolute Gasteiger partial charge is 0.238 e. The summed E-state index contributed by atoms with van der Waals surface area (Å²) in [5.74, 6) is -2.13. The number of aromatic nitrogens is 7. The molecule has 3 aromatic heterocycles. The van der Waals surface area contributed by atoms with Crippen LogP contribution in [0.2, 0.25) is 0 Å². The summed E-state index contributed by atoms with van der Waals surface area (Å²) >= 11 is 0. The van der Waals surface area contributed by atoms with E-state index in [2.05, 4.69) is 15.0 Å². The first-order valence-corrected chi connectivity index (χ1v) is 20.8. The van der Waals surface area contributed by atoms with Gasteiger partial charge in [-0.2, -0.15) is 9.97 Å². The van der Waals surface area contributed by atoms with Crippen molar-refractivity contribution in [2.24, 2.45) is 0 Å². The van der Waals surface area contributed by atoms with Gasteiger partial charge in [0.25, 0.3) is 0 Å². The number of fused-ring (bicyclic) bond motifs is 3. The van der Waals surface area contributed by atoms with E-state index in [1.807, 2.05) is 60.7 Å². The maximum Gasteiger partial charge on any atom is 0.238 e. The van der Waals surface area contributed by atoms with Gasteiger partial charge in [0, 0.05) is 38.6 Å². The highest BCUT2D eigenvalue weighted by molar-refractivity contribution is 6.34. The maximum atomic E-state index is 10.2. The first-order chi connectivity index (χ1) is 41.1. The lowest BCUT2D eigenvalue weighted by molar-refractivity contribution is 0.954. The minimum atomic E-state index is -0.751. The third-order valence-electron chi connectivity index (χ3n) is 11.4. The molecule has 0 unspecified atom stereocenters. The Labute approximate surface area is 412 Å². The lowest BCUT2D eigenvalue weighted by Gasteiger charge is -2.12. The van der Waals surface area contributed by atoms with Gasteiger partial charge >= 0.3 is 0 Å². The molecule has 0 bridgehead atoms. The van der Waals surface area contributed by atoms with Gasteiger partial charge in [-0.05, 0) is 61.9 Å². The van der Waals surface area contributed by atoms with Gasteiger partial charge in [0.1, 0.15) is 0 Å². The average molecular weight is 875 g/mol. The van der Waals surface area contributed by atoms with Crippen LogP contribution in [0.25, 0.3) is 128 Å². The van der Waals surface area contributed by atoms with Gasteiger partial charge < -0.3 is 0 Å². The summed E-state index contributed by atoms with van der Waals surface area (Å²) in [7, 11) is 0. The molecule has 0 spiro atoms. The third-order valence-corrected chi connectivity index (χ3v) is 11.4. The Morgan fingerprint density at radius 3 is 1.19 bits per heavy atom. The van der Waals surface area contributed by atoms with E-state index in [-0.39, 0.29) is 55.0 Å². The topological polar surface area (TPSA) is 82.3 Å². The highest BCUT2D eigenvalue weighted by Crippen LogP contribution is 2.44. The largest absolute Gasteiger partial charge is 0.278 e. The lowest BCUT2D eigenvalue weighted by Crippen LogP contribution is -2.06. The Morgan fingerprint density at radius 2 is 0.687 bits per heavy atom. The van der Waals surface area contributed by atoms with E-state index >= 15 is 0 Å². The summed E-state index contributed by atoms with van der Waals surface area (Å²) in [4.78, 5) is 28.1. The molecule has 67 heavy (non-hydrogen) atoms. The van der Waals surface area contributed by atoms with E-state index in [1.165, 1.54) is 0 Å². The molecule has 0 atom stereocenters. The van der Waals surface area contributed by atoms with Crippen molar-refractivity contribution in [3.8, 4) is 85.1 Å². The molecule has 0 aliphatic heterocycles. The molecule has 0 N–H and O–H groups in total. The lowest BCUT2D eigenvalue weighted by atomic mass is 9.93. The second kappa shape index (κ2) is 15.8. The molecule has 7 heteroatoms. The van der Waals surface area contributed by atoms with Crippen LogP contribution in [-0.4, -0.2) is 34.5 Å². The SMILES string of the molecule is [2H]c1c([2H])c([2H])c(-c2nc(-c3ccc(-c4ccccc4)cc3)nc(-c3c([2H])c([2H])c4c(c3[2H])c3c([2H])c([2H])c([2H])c5c3c3c4c([2H])c([2H])c([2H])c3n5-c3nc(-c4ccc(-c5ccccc5)cc4)nc(-c4c([2H])c([2H])c([2H])c([2H])c4[2H])n3)n2)c([2H])c1[2H]. The van der Waals surface area contributed by atoms with Crippen molar-refractivity contribution in [3.05, 3.63) is 224 Å². The van der Waals surface area contributed by atoms with Crippen molar-refractivity contribution in [1.82, 2.24) is 34.5 Å². The number of benzene rings is 10. The molecular weight excluding hydrogens is 819 g/mol. The van der Waals surface area contributed by atoms with Crippen LogP contribution in [0.1, 0.15) is 26.0 Å². The van der Waals surface area contributed by atoms with Gasteiger partial charge in [-0.25, -0.2) is 19.9 Å². The minimum absolute atomic E-state index is 0.112. The van der Waals surface area contributed by atoms with E-state index in [9.17, 15) is 12.3 Å². The summed E-state index contributed by atoms with van der Waals surface area (Å²) in [5, 5.41) is -1.46. The van der Waals surface area contributed by atoms with E-state index in [1.54, 1.807) is 48.5 Å². The molecule has 10 aromatic carbocycles.